The summed E-state index contributed by atoms with van der Waals surface area (Å²) in [5.41, 5.74) is 0. The molecule has 1 aromatic carbocycles. The van der Waals surface area contributed by atoms with Gasteiger partial charge in [-0.1, -0.05) is 17.7 Å². The van der Waals surface area contributed by atoms with Crippen LogP contribution >= 0.6 is 22.9 Å². The minimum Gasteiger partial charge on any atom is -0.486 e. The fraction of sp³-hybridized carbons (Fsp3) is 0.0769. The van der Waals surface area contributed by atoms with E-state index in [4.69, 9.17) is 16.3 Å². The van der Waals surface area contributed by atoms with E-state index in [9.17, 15) is 4.39 Å². The zero-order chi connectivity index (χ0) is 13.2. The summed E-state index contributed by atoms with van der Waals surface area (Å²) >= 11 is 7.54. The van der Waals surface area contributed by atoms with Gasteiger partial charge in [-0.3, -0.25) is 0 Å². The number of fused-ring (bicyclic) bond motifs is 1. The molecule has 0 saturated heterocycles. The predicted octanol–water partition coefficient (Wildman–Crippen LogP) is 4.06. The molecule has 3 aromatic rings. The Morgan fingerprint density at radius 3 is 3.00 bits per heavy atom. The number of aromatic nitrogens is 2. The van der Waals surface area contributed by atoms with Crippen molar-refractivity contribution in [3.8, 4) is 5.75 Å². The summed E-state index contributed by atoms with van der Waals surface area (Å²) in [6.07, 6.45) is 0. The van der Waals surface area contributed by atoms with Gasteiger partial charge in [0, 0.05) is 11.5 Å². The summed E-state index contributed by atoms with van der Waals surface area (Å²) in [6, 6.07) is 7.80. The zero-order valence-corrected chi connectivity index (χ0v) is 11.2. The third kappa shape index (κ3) is 2.67. The van der Waals surface area contributed by atoms with Gasteiger partial charge in [0.15, 0.2) is 5.82 Å². The second kappa shape index (κ2) is 5.11. The molecule has 3 rings (SSSR count). The predicted molar refractivity (Wildman–Crippen MR) is 73.2 cm³/mol. The molecule has 0 N–H and O–H groups in total. The van der Waals surface area contributed by atoms with Crippen molar-refractivity contribution >= 4 is 33.2 Å². The summed E-state index contributed by atoms with van der Waals surface area (Å²) in [5, 5.41) is 3.15. The van der Waals surface area contributed by atoms with E-state index in [1.54, 1.807) is 12.1 Å². The monoisotopic (exact) mass is 294 g/mol. The van der Waals surface area contributed by atoms with E-state index >= 15 is 0 Å². The van der Waals surface area contributed by atoms with Gasteiger partial charge in [-0.25, -0.2) is 14.4 Å². The Labute approximate surface area is 117 Å². The average molecular weight is 295 g/mol. The molecule has 0 aliphatic rings. The summed E-state index contributed by atoms with van der Waals surface area (Å²) in [4.78, 5) is 9.31. The highest BCUT2D eigenvalue weighted by atomic mass is 35.5. The fourth-order valence-corrected chi connectivity index (χ4v) is 2.72. The van der Waals surface area contributed by atoms with Crippen molar-refractivity contribution in [2.45, 2.75) is 6.61 Å². The second-order valence-corrected chi connectivity index (χ2v) is 5.07. The number of ether oxygens (including phenoxy) is 1. The lowest BCUT2D eigenvalue weighted by molar-refractivity contribution is 0.295. The van der Waals surface area contributed by atoms with Crippen molar-refractivity contribution in [3.05, 3.63) is 52.5 Å². The number of hydrogen-bond acceptors (Lipinski definition) is 4. The van der Waals surface area contributed by atoms with E-state index in [2.05, 4.69) is 9.97 Å². The molecule has 0 saturated carbocycles. The number of nitrogens with zero attached hydrogens (tertiary/aromatic N) is 2. The first-order valence-electron chi connectivity index (χ1n) is 5.50. The SMILES string of the molecule is Fc1cccc(OCc2nc(Cl)c3ccsc3n2)c1. The van der Waals surface area contributed by atoms with E-state index in [1.165, 1.54) is 23.5 Å². The topological polar surface area (TPSA) is 35.0 Å². The zero-order valence-electron chi connectivity index (χ0n) is 9.64. The summed E-state index contributed by atoms with van der Waals surface area (Å²) < 4.78 is 18.4. The Bertz CT molecular complexity index is 731. The molecular weight excluding hydrogens is 287 g/mol. The Kier molecular flexibility index (Phi) is 3.31. The van der Waals surface area contributed by atoms with Gasteiger partial charge in [-0.15, -0.1) is 11.3 Å². The Hall–Kier alpha value is -1.72. The van der Waals surface area contributed by atoms with E-state index in [-0.39, 0.29) is 12.4 Å². The lowest BCUT2D eigenvalue weighted by Crippen LogP contribution is -2.01. The maximum absolute atomic E-state index is 13.0. The van der Waals surface area contributed by atoms with Gasteiger partial charge >= 0.3 is 0 Å². The highest BCUT2D eigenvalue weighted by molar-refractivity contribution is 7.16. The lowest BCUT2D eigenvalue weighted by Gasteiger charge is -2.05. The highest BCUT2D eigenvalue weighted by Crippen LogP contribution is 2.25. The highest BCUT2D eigenvalue weighted by Gasteiger charge is 2.07. The van der Waals surface area contributed by atoms with Crippen molar-refractivity contribution < 1.29 is 9.13 Å². The quantitative estimate of drug-likeness (QED) is 0.683. The van der Waals surface area contributed by atoms with Crippen LogP contribution in [0, 0.1) is 5.82 Å². The normalized spacial score (nSPS) is 10.8. The molecule has 0 fully saturated rings. The van der Waals surface area contributed by atoms with E-state index in [1.807, 2.05) is 11.4 Å². The van der Waals surface area contributed by atoms with Crippen LogP contribution in [0.15, 0.2) is 35.7 Å². The van der Waals surface area contributed by atoms with Crippen LogP contribution < -0.4 is 4.74 Å². The van der Waals surface area contributed by atoms with Gasteiger partial charge in [0.1, 0.15) is 28.2 Å². The van der Waals surface area contributed by atoms with E-state index in [0.717, 1.165) is 10.2 Å². The first kappa shape index (κ1) is 12.3. The molecule has 3 nitrogen and oxygen atoms in total. The first-order valence-corrected chi connectivity index (χ1v) is 6.76. The molecular formula is C13H8ClFN2OS. The van der Waals surface area contributed by atoms with Crippen LogP contribution in [0.2, 0.25) is 5.15 Å². The number of hydrogen-bond donors (Lipinski definition) is 0. The van der Waals surface area contributed by atoms with Crippen LogP contribution in [0.25, 0.3) is 10.2 Å². The molecule has 0 radical (unpaired) electrons. The van der Waals surface area contributed by atoms with Crippen LogP contribution in [0.3, 0.4) is 0 Å². The van der Waals surface area contributed by atoms with Crippen molar-refractivity contribution in [1.82, 2.24) is 9.97 Å². The number of rotatable bonds is 3. The molecule has 0 aliphatic carbocycles. The van der Waals surface area contributed by atoms with Crippen LogP contribution in [0.1, 0.15) is 5.82 Å². The van der Waals surface area contributed by atoms with E-state index < -0.39 is 0 Å². The van der Waals surface area contributed by atoms with Crippen molar-refractivity contribution in [1.29, 1.82) is 0 Å². The molecule has 0 aliphatic heterocycles. The third-order valence-electron chi connectivity index (χ3n) is 2.49. The molecule has 96 valence electrons. The van der Waals surface area contributed by atoms with Crippen LogP contribution in [0.4, 0.5) is 4.39 Å². The first-order chi connectivity index (χ1) is 9.22. The molecule has 2 heterocycles. The average Bonchev–Trinajstić information content (AvgIpc) is 2.85. The summed E-state index contributed by atoms with van der Waals surface area (Å²) in [7, 11) is 0. The third-order valence-corrected chi connectivity index (χ3v) is 3.58. The number of thiophene rings is 1. The van der Waals surface area contributed by atoms with Gasteiger partial charge in [-0.05, 0) is 23.6 Å². The van der Waals surface area contributed by atoms with Gasteiger partial charge in [0.05, 0.1) is 0 Å². The molecule has 19 heavy (non-hydrogen) atoms. The minimum absolute atomic E-state index is 0.150. The molecule has 0 unspecified atom stereocenters. The fourth-order valence-electron chi connectivity index (χ4n) is 1.63. The van der Waals surface area contributed by atoms with Gasteiger partial charge in [0.2, 0.25) is 0 Å². The van der Waals surface area contributed by atoms with Gasteiger partial charge < -0.3 is 4.74 Å². The maximum Gasteiger partial charge on any atom is 0.169 e. The van der Waals surface area contributed by atoms with Crippen LogP contribution in [-0.2, 0) is 6.61 Å². The number of halogens is 2. The van der Waals surface area contributed by atoms with Crippen molar-refractivity contribution in [2.24, 2.45) is 0 Å². The smallest absolute Gasteiger partial charge is 0.169 e. The summed E-state index contributed by atoms with van der Waals surface area (Å²) in [5.74, 6) is 0.570. The molecule has 2 aromatic heterocycles. The van der Waals surface area contributed by atoms with Crippen LogP contribution in [0.5, 0.6) is 5.75 Å². The second-order valence-electron chi connectivity index (χ2n) is 3.82. The Balaban J connectivity index is 1.81. The minimum atomic E-state index is -0.342. The maximum atomic E-state index is 13.0. The largest absolute Gasteiger partial charge is 0.486 e. The standard InChI is InChI=1S/C13H8ClFN2OS/c14-12-10-4-5-19-13(10)17-11(16-12)7-18-9-3-1-2-8(15)6-9/h1-6H,7H2. The van der Waals surface area contributed by atoms with Gasteiger partial charge in [-0.2, -0.15) is 0 Å². The molecule has 6 heteroatoms. The molecule has 0 spiro atoms. The van der Waals surface area contributed by atoms with Crippen molar-refractivity contribution in [3.63, 3.8) is 0 Å². The summed E-state index contributed by atoms with van der Waals surface area (Å²) in [6.45, 7) is 0.150. The lowest BCUT2D eigenvalue weighted by atomic mass is 10.3. The van der Waals surface area contributed by atoms with Gasteiger partial charge in [0.25, 0.3) is 0 Å². The van der Waals surface area contributed by atoms with Crippen LogP contribution in [-0.4, -0.2) is 9.97 Å². The molecule has 0 bridgehead atoms. The number of benzene rings is 1. The molecule has 0 atom stereocenters. The van der Waals surface area contributed by atoms with Crippen molar-refractivity contribution in [2.75, 3.05) is 0 Å². The van der Waals surface area contributed by atoms with E-state index in [0.29, 0.717) is 16.7 Å². The Morgan fingerprint density at radius 1 is 1.26 bits per heavy atom. The molecule has 0 amide bonds. The Morgan fingerprint density at radius 2 is 2.16 bits per heavy atom.